The molecule has 0 spiro atoms. The van der Waals surface area contributed by atoms with E-state index in [1.54, 1.807) is 28.2 Å². The van der Waals surface area contributed by atoms with Crippen molar-refractivity contribution in [2.75, 3.05) is 5.75 Å². The van der Waals surface area contributed by atoms with Gasteiger partial charge in [-0.05, 0) is 41.4 Å². The number of rotatable bonds is 4. The van der Waals surface area contributed by atoms with Crippen molar-refractivity contribution < 1.29 is 4.21 Å². The minimum absolute atomic E-state index is 0.152. The molecule has 1 atom stereocenters. The number of aromatic nitrogens is 1. The van der Waals surface area contributed by atoms with Crippen molar-refractivity contribution in [3.8, 4) is 16.8 Å². The second-order valence-electron chi connectivity index (χ2n) is 4.83. The first kappa shape index (κ1) is 16.2. The molecule has 3 aromatic rings. The largest absolute Gasteiger partial charge is 0.274 e. The molecule has 0 saturated heterocycles. The van der Waals surface area contributed by atoms with Crippen molar-refractivity contribution in [3.05, 3.63) is 70.0 Å². The Hall–Kier alpha value is -1.69. The van der Waals surface area contributed by atoms with Crippen LogP contribution in [0.25, 0.3) is 16.8 Å². The molecule has 0 aliphatic heterocycles. The van der Waals surface area contributed by atoms with Gasteiger partial charge in [-0.25, -0.2) is 3.96 Å². The topological polar surface area (TPSA) is 39.1 Å². The standard InChI is InChI=1S/C17H14ClNO2S2/c1-2-23(21)17-15(12-8-10-13(18)11-9-12)16(20)19(22-17)14-6-4-3-5-7-14/h3-11H,2H2,1H3. The van der Waals surface area contributed by atoms with Gasteiger partial charge in [-0.1, -0.05) is 48.9 Å². The highest BCUT2D eigenvalue weighted by molar-refractivity contribution is 7.87. The van der Waals surface area contributed by atoms with E-state index in [0.717, 1.165) is 11.3 Å². The van der Waals surface area contributed by atoms with Crippen LogP contribution in [-0.4, -0.2) is 13.9 Å². The summed E-state index contributed by atoms with van der Waals surface area (Å²) in [6.45, 7) is 1.85. The van der Waals surface area contributed by atoms with Crippen molar-refractivity contribution in [1.29, 1.82) is 0 Å². The van der Waals surface area contributed by atoms with Crippen LogP contribution >= 0.6 is 23.1 Å². The van der Waals surface area contributed by atoms with E-state index in [2.05, 4.69) is 0 Å². The van der Waals surface area contributed by atoms with E-state index in [4.69, 9.17) is 11.6 Å². The summed E-state index contributed by atoms with van der Waals surface area (Å²) in [5.41, 5.74) is 1.86. The lowest BCUT2D eigenvalue weighted by atomic mass is 10.1. The lowest BCUT2D eigenvalue weighted by molar-refractivity contribution is 0.685. The van der Waals surface area contributed by atoms with E-state index < -0.39 is 10.8 Å². The van der Waals surface area contributed by atoms with Gasteiger partial charge in [0, 0.05) is 10.8 Å². The van der Waals surface area contributed by atoms with Gasteiger partial charge in [0.15, 0.2) is 0 Å². The fraction of sp³-hybridized carbons (Fsp3) is 0.118. The highest BCUT2D eigenvalue weighted by atomic mass is 35.5. The predicted molar refractivity (Wildman–Crippen MR) is 97.3 cm³/mol. The van der Waals surface area contributed by atoms with Crippen LogP contribution in [0.4, 0.5) is 0 Å². The lowest BCUT2D eigenvalue weighted by Gasteiger charge is -2.00. The van der Waals surface area contributed by atoms with E-state index in [0.29, 0.717) is 20.5 Å². The summed E-state index contributed by atoms with van der Waals surface area (Å²) < 4.78 is 14.6. The Bertz CT molecular complexity index is 899. The van der Waals surface area contributed by atoms with Gasteiger partial charge in [-0.3, -0.25) is 9.00 Å². The number of nitrogens with zero attached hydrogens (tertiary/aromatic N) is 1. The molecule has 1 unspecified atom stereocenters. The average molecular weight is 364 g/mol. The zero-order valence-electron chi connectivity index (χ0n) is 12.4. The summed E-state index contributed by atoms with van der Waals surface area (Å²) in [6.07, 6.45) is 0. The Morgan fingerprint density at radius 2 is 1.74 bits per heavy atom. The highest BCUT2D eigenvalue weighted by Crippen LogP contribution is 2.30. The summed E-state index contributed by atoms with van der Waals surface area (Å²) in [5.74, 6) is 0.468. The summed E-state index contributed by atoms with van der Waals surface area (Å²) in [6, 6.07) is 16.4. The van der Waals surface area contributed by atoms with Crippen molar-refractivity contribution in [3.63, 3.8) is 0 Å². The summed E-state index contributed by atoms with van der Waals surface area (Å²) in [7, 11) is -1.21. The van der Waals surface area contributed by atoms with Crippen molar-refractivity contribution in [2.45, 2.75) is 11.1 Å². The number of halogens is 1. The molecule has 3 nitrogen and oxygen atoms in total. The van der Waals surface area contributed by atoms with E-state index in [9.17, 15) is 9.00 Å². The van der Waals surface area contributed by atoms with Crippen LogP contribution in [0.3, 0.4) is 0 Å². The zero-order chi connectivity index (χ0) is 16.4. The van der Waals surface area contributed by atoms with Crippen LogP contribution in [0, 0.1) is 0 Å². The maximum Gasteiger partial charge on any atom is 0.274 e. The van der Waals surface area contributed by atoms with E-state index in [1.165, 1.54) is 11.5 Å². The molecule has 0 radical (unpaired) electrons. The van der Waals surface area contributed by atoms with Crippen LogP contribution in [0.2, 0.25) is 5.02 Å². The van der Waals surface area contributed by atoms with Gasteiger partial charge in [0.05, 0.1) is 22.1 Å². The molecule has 0 amide bonds. The highest BCUT2D eigenvalue weighted by Gasteiger charge is 2.21. The van der Waals surface area contributed by atoms with Gasteiger partial charge in [0.25, 0.3) is 5.56 Å². The third-order valence-electron chi connectivity index (χ3n) is 3.37. The number of para-hydroxylation sites is 1. The van der Waals surface area contributed by atoms with E-state index >= 15 is 0 Å². The molecule has 118 valence electrons. The number of benzene rings is 2. The first-order chi connectivity index (χ1) is 11.1. The minimum Gasteiger partial charge on any atom is -0.267 e. The lowest BCUT2D eigenvalue weighted by Crippen LogP contribution is -2.13. The first-order valence-electron chi connectivity index (χ1n) is 7.08. The quantitative estimate of drug-likeness (QED) is 0.691. The summed E-state index contributed by atoms with van der Waals surface area (Å²) >= 11 is 7.17. The van der Waals surface area contributed by atoms with Gasteiger partial charge >= 0.3 is 0 Å². The van der Waals surface area contributed by atoms with Crippen LogP contribution in [-0.2, 0) is 10.8 Å². The Balaban J connectivity index is 2.25. The van der Waals surface area contributed by atoms with E-state index in [1.807, 2.05) is 37.3 Å². The Morgan fingerprint density at radius 1 is 1.09 bits per heavy atom. The second kappa shape index (κ2) is 6.83. The molecule has 6 heteroatoms. The van der Waals surface area contributed by atoms with Crippen molar-refractivity contribution in [1.82, 2.24) is 3.96 Å². The molecule has 0 aliphatic carbocycles. The van der Waals surface area contributed by atoms with Gasteiger partial charge < -0.3 is 0 Å². The zero-order valence-corrected chi connectivity index (χ0v) is 14.8. The van der Waals surface area contributed by atoms with Gasteiger partial charge in [-0.15, -0.1) is 0 Å². The normalized spacial score (nSPS) is 12.3. The monoisotopic (exact) mass is 363 g/mol. The molecule has 1 aromatic heterocycles. The first-order valence-corrected chi connectivity index (χ1v) is 9.55. The Labute approximate surface area is 145 Å². The van der Waals surface area contributed by atoms with Crippen molar-refractivity contribution in [2.24, 2.45) is 0 Å². The van der Waals surface area contributed by atoms with E-state index in [-0.39, 0.29) is 5.56 Å². The number of hydrogen-bond acceptors (Lipinski definition) is 3. The molecule has 1 heterocycles. The predicted octanol–water partition coefficient (Wildman–Crippen LogP) is 4.35. The molecule has 0 saturated carbocycles. The second-order valence-corrected chi connectivity index (χ2v) is 8.16. The molecule has 23 heavy (non-hydrogen) atoms. The Kier molecular flexibility index (Phi) is 4.80. The van der Waals surface area contributed by atoms with Crippen LogP contribution in [0.1, 0.15) is 6.92 Å². The van der Waals surface area contributed by atoms with Gasteiger partial charge in [0.2, 0.25) is 0 Å². The molecule has 0 fully saturated rings. The van der Waals surface area contributed by atoms with Crippen LogP contribution in [0.15, 0.2) is 63.6 Å². The molecular weight excluding hydrogens is 350 g/mol. The summed E-state index contributed by atoms with van der Waals surface area (Å²) in [4.78, 5) is 12.9. The molecule has 0 aliphatic rings. The van der Waals surface area contributed by atoms with Crippen LogP contribution < -0.4 is 5.56 Å². The maximum absolute atomic E-state index is 12.9. The molecule has 0 bridgehead atoms. The molecule has 0 N–H and O–H groups in total. The Morgan fingerprint density at radius 3 is 2.35 bits per heavy atom. The SMILES string of the molecule is CCS(=O)c1sn(-c2ccccc2)c(=O)c1-c1ccc(Cl)cc1. The maximum atomic E-state index is 12.9. The van der Waals surface area contributed by atoms with Crippen LogP contribution in [0.5, 0.6) is 0 Å². The fourth-order valence-corrected chi connectivity index (χ4v) is 4.83. The molecular formula is C17H14ClNO2S2. The third kappa shape index (κ3) is 3.17. The summed E-state index contributed by atoms with van der Waals surface area (Å²) in [5, 5.41) is 0.602. The van der Waals surface area contributed by atoms with Gasteiger partial charge in [0.1, 0.15) is 4.21 Å². The van der Waals surface area contributed by atoms with Gasteiger partial charge in [-0.2, -0.15) is 0 Å². The van der Waals surface area contributed by atoms with Crippen molar-refractivity contribution >= 4 is 33.9 Å². The molecule has 3 rings (SSSR count). The minimum atomic E-state index is -1.21. The fourth-order valence-electron chi connectivity index (χ4n) is 2.24. The average Bonchev–Trinajstić information content (AvgIpc) is 2.93. The third-order valence-corrected chi connectivity index (χ3v) is 6.47. The number of hydrogen-bond donors (Lipinski definition) is 0. The molecule has 2 aromatic carbocycles. The smallest absolute Gasteiger partial charge is 0.267 e.